The van der Waals surface area contributed by atoms with E-state index in [0.29, 0.717) is 11.1 Å². The smallest absolute Gasteiger partial charge is 0.275 e. The van der Waals surface area contributed by atoms with E-state index in [0.717, 1.165) is 12.1 Å². The van der Waals surface area contributed by atoms with E-state index in [1.54, 1.807) is 0 Å². The molecule has 0 saturated heterocycles. The minimum Gasteiger partial charge on any atom is -0.275 e. The molecular formula is C15H8Cl2N2O6. The van der Waals surface area contributed by atoms with Crippen LogP contribution in [-0.2, 0) is 6.42 Å². The molecule has 128 valence electrons. The van der Waals surface area contributed by atoms with Crippen LogP contribution in [0.25, 0.3) is 0 Å². The van der Waals surface area contributed by atoms with Gasteiger partial charge in [-0.15, -0.1) is 0 Å². The van der Waals surface area contributed by atoms with Crippen molar-refractivity contribution in [3.63, 3.8) is 0 Å². The third-order valence-corrected chi connectivity index (χ3v) is 3.75. The molecule has 0 aliphatic heterocycles. The molecule has 2 rings (SSSR count). The SMILES string of the molecule is O=C(Cl)c1cc(Cc2ccc([N+](=O)[O-])c(C(=O)Cl)c2)ccc1[N+](=O)[O-]. The molecule has 25 heavy (non-hydrogen) atoms. The van der Waals surface area contributed by atoms with Crippen LogP contribution in [0.4, 0.5) is 11.4 Å². The fraction of sp³-hybridized carbons (Fsp3) is 0.0667. The second kappa shape index (κ2) is 7.37. The second-order valence-electron chi connectivity index (χ2n) is 4.94. The van der Waals surface area contributed by atoms with Gasteiger partial charge in [-0.1, -0.05) is 12.1 Å². The summed E-state index contributed by atoms with van der Waals surface area (Å²) in [7, 11) is 0. The molecule has 0 aliphatic carbocycles. The van der Waals surface area contributed by atoms with E-state index in [4.69, 9.17) is 23.2 Å². The van der Waals surface area contributed by atoms with Crippen molar-refractivity contribution in [3.8, 4) is 0 Å². The molecule has 0 heterocycles. The summed E-state index contributed by atoms with van der Waals surface area (Å²) in [5.74, 6) is 0. The van der Waals surface area contributed by atoms with Crippen LogP contribution in [-0.4, -0.2) is 20.3 Å². The van der Waals surface area contributed by atoms with Gasteiger partial charge in [0.15, 0.2) is 0 Å². The van der Waals surface area contributed by atoms with Crippen molar-refractivity contribution < 1.29 is 19.4 Å². The van der Waals surface area contributed by atoms with E-state index in [-0.39, 0.29) is 17.5 Å². The number of halogens is 2. The van der Waals surface area contributed by atoms with Gasteiger partial charge in [-0.3, -0.25) is 29.8 Å². The number of hydrogen-bond acceptors (Lipinski definition) is 6. The van der Waals surface area contributed by atoms with Gasteiger partial charge in [0.1, 0.15) is 11.1 Å². The molecule has 0 spiro atoms. The zero-order valence-electron chi connectivity index (χ0n) is 12.3. The van der Waals surface area contributed by atoms with Crippen LogP contribution in [0.1, 0.15) is 31.8 Å². The first-order chi connectivity index (χ1) is 11.7. The van der Waals surface area contributed by atoms with Crippen molar-refractivity contribution in [3.05, 3.63) is 78.9 Å². The first kappa shape index (κ1) is 18.5. The van der Waals surface area contributed by atoms with E-state index in [1.165, 1.54) is 24.3 Å². The standard InChI is InChI=1S/C15H8Cl2N2O6/c16-14(20)10-6-8(1-3-12(10)18(22)23)5-9-2-4-13(19(24)25)11(7-9)15(17)21/h1-4,6-7H,5H2. The number of hydrogen-bond donors (Lipinski definition) is 0. The Morgan fingerprint density at radius 3 is 1.44 bits per heavy atom. The van der Waals surface area contributed by atoms with E-state index in [9.17, 15) is 29.8 Å². The summed E-state index contributed by atoms with van der Waals surface area (Å²) in [6, 6.07) is 7.65. The Morgan fingerprint density at radius 2 is 1.16 bits per heavy atom. The molecule has 0 atom stereocenters. The summed E-state index contributed by atoms with van der Waals surface area (Å²) in [6.07, 6.45) is 0.157. The summed E-state index contributed by atoms with van der Waals surface area (Å²) in [4.78, 5) is 43.1. The van der Waals surface area contributed by atoms with Crippen molar-refractivity contribution in [2.75, 3.05) is 0 Å². The highest BCUT2D eigenvalue weighted by Crippen LogP contribution is 2.26. The van der Waals surface area contributed by atoms with E-state index in [2.05, 4.69) is 0 Å². The first-order valence-electron chi connectivity index (χ1n) is 6.65. The summed E-state index contributed by atoms with van der Waals surface area (Å²) in [5, 5.41) is 19.8. The lowest BCUT2D eigenvalue weighted by Gasteiger charge is -2.06. The fourth-order valence-corrected chi connectivity index (χ4v) is 2.56. The maximum Gasteiger partial charge on any atom is 0.281 e. The van der Waals surface area contributed by atoms with Crippen LogP contribution in [0.5, 0.6) is 0 Å². The van der Waals surface area contributed by atoms with Gasteiger partial charge in [0, 0.05) is 12.1 Å². The number of nitro benzene ring substituents is 2. The lowest BCUT2D eigenvalue weighted by Crippen LogP contribution is -2.02. The molecule has 0 saturated carbocycles. The van der Waals surface area contributed by atoms with E-state index in [1.807, 2.05) is 0 Å². The van der Waals surface area contributed by atoms with Gasteiger partial charge in [-0.2, -0.15) is 0 Å². The minimum atomic E-state index is -0.978. The molecular weight excluding hydrogens is 375 g/mol. The number of carbonyl (C=O) groups is 2. The number of nitrogens with zero attached hydrogens (tertiary/aromatic N) is 2. The minimum absolute atomic E-state index is 0.157. The topological polar surface area (TPSA) is 120 Å². The van der Waals surface area contributed by atoms with Crippen molar-refractivity contribution in [2.24, 2.45) is 0 Å². The van der Waals surface area contributed by atoms with Crippen molar-refractivity contribution in [2.45, 2.75) is 6.42 Å². The third kappa shape index (κ3) is 4.17. The first-order valence-corrected chi connectivity index (χ1v) is 7.40. The lowest BCUT2D eigenvalue weighted by atomic mass is 10.00. The highest BCUT2D eigenvalue weighted by molar-refractivity contribution is 6.68. The van der Waals surface area contributed by atoms with Crippen molar-refractivity contribution in [1.29, 1.82) is 0 Å². The number of rotatable bonds is 6. The molecule has 0 fully saturated rings. The summed E-state index contributed by atoms with van der Waals surface area (Å²) in [5.41, 5.74) is -0.388. The van der Waals surface area contributed by atoms with Crippen molar-refractivity contribution >= 4 is 45.1 Å². The molecule has 10 heteroatoms. The van der Waals surface area contributed by atoms with Crippen LogP contribution >= 0.6 is 23.2 Å². The van der Waals surface area contributed by atoms with Gasteiger partial charge in [0.2, 0.25) is 0 Å². The highest BCUT2D eigenvalue weighted by Gasteiger charge is 2.21. The molecule has 0 N–H and O–H groups in total. The monoisotopic (exact) mass is 382 g/mol. The summed E-state index contributed by atoms with van der Waals surface area (Å²) in [6.45, 7) is 0. The van der Waals surface area contributed by atoms with E-state index < -0.39 is 31.7 Å². The predicted molar refractivity (Wildman–Crippen MR) is 89.4 cm³/mol. The fourth-order valence-electron chi connectivity index (χ4n) is 2.26. The molecule has 0 unspecified atom stereocenters. The number of carbonyl (C=O) groups excluding carboxylic acids is 2. The predicted octanol–water partition coefficient (Wildman–Crippen LogP) is 3.85. The number of benzene rings is 2. The van der Waals surface area contributed by atoms with Gasteiger partial charge in [-0.05, 0) is 52.9 Å². The highest BCUT2D eigenvalue weighted by atomic mass is 35.5. The molecule has 0 amide bonds. The summed E-state index contributed by atoms with van der Waals surface area (Å²) < 4.78 is 0. The Morgan fingerprint density at radius 1 is 0.800 bits per heavy atom. The van der Waals surface area contributed by atoms with Crippen LogP contribution < -0.4 is 0 Å². The normalized spacial score (nSPS) is 10.3. The number of nitro groups is 2. The molecule has 2 aromatic carbocycles. The molecule has 0 bridgehead atoms. The second-order valence-corrected chi connectivity index (χ2v) is 5.63. The van der Waals surface area contributed by atoms with Gasteiger partial charge < -0.3 is 0 Å². The molecule has 0 aromatic heterocycles. The quantitative estimate of drug-likeness (QED) is 0.424. The maximum atomic E-state index is 11.4. The lowest BCUT2D eigenvalue weighted by molar-refractivity contribution is -0.385. The van der Waals surface area contributed by atoms with Gasteiger partial charge in [0.25, 0.3) is 21.9 Å². The zero-order valence-corrected chi connectivity index (χ0v) is 13.8. The molecule has 2 aromatic rings. The van der Waals surface area contributed by atoms with Crippen LogP contribution in [0.3, 0.4) is 0 Å². The Balaban J connectivity index is 2.43. The Labute approximate surface area is 150 Å². The maximum absolute atomic E-state index is 11.4. The molecule has 0 aliphatic rings. The average Bonchev–Trinajstić information content (AvgIpc) is 2.54. The van der Waals surface area contributed by atoms with Crippen molar-refractivity contribution in [1.82, 2.24) is 0 Å². The molecule has 0 radical (unpaired) electrons. The van der Waals surface area contributed by atoms with Gasteiger partial charge in [0.05, 0.1) is 9.85 Å². The van der Waals surface area contributed by atoms with Crippen LogP contribution in [0.2, 0.25) is 0 Å². The Kier molecular flexibility index (Phi) is 5.45. The Bertz CT molecular complexity index is 839. The van der Waals surface area contributed by atoms with Gasteiger partial charge >= 0.3 is 0 Å². The summed E-state index contributed by atoms with van der Waals surface area (Å²) >= 11 is 10.7. The van der Waals surface area contributed by atoms with Crippen LogP contribution in [0.15, 0.2) is 36.4 Å². The van der Waals surface area contributed by atoms with Crippen LogP contribution in [0, 0.1) is 20.2 Å². The Hall–Kier alpha value is -2.84. The molecule has 8 nitrogen and oxygen atoms in total. The zero-order chi connectivity index (χ0) is 18.7. The van der Waals surface area contributed by atoms with E-state index >= 15 is 0 Å². The third-order valence-electron chi connectivity index (χ3n) is 3.35. The largest absolute Gasteiger partial charge is 0.281 e. The van der Waals surface area contributed by atoms with Gasteiger partial charge in [-0.25, -0.2) is 0 Å². The average molecular weight is 383 g/mol.